The molecular weight excluding hydrogens is 390 g/mol. The number of nitrogens with one attached hydrogen (secondary N) is 2. The van der Waals surface area contributed by atoms with Crippen LogP contribution in [0.4, 0.5) is 20.3 Å². The Morgan fingerprint density at radius 2 is 2.14 bits per heavy atom. The molecule has 1 aromatic heterocycles. The summed E-state index contributed by atoms with van der Waals surface area (Å²) in [6.07, 6.45) is 0.847. The van der Waals surface area contributed by atoms with Crippen LogP contribution < -0.4 is 22.5 Å². The highest BCUT2D eigenvalue weighted by molar-refractivity contribution is 6.32. The number of anilines is 2. The maximum absolute atomic E-state index is 13.4. The first-order chi connectivity index (χ1) is 13.2. The van der Waals surface area contributed by atoms with Crippen molar-refractivity contribution in [2.75, 3.05) is 18.1 Å². The molecule has 0 aliphatic heterocycles. The van der Waals surface area contributed by atoms with Crippen molar-refractivity contribution in [1.29, 1.82) is 0 Å². The first-order valence-electron chi connectivity index (χ1n) is 8.16. The quantitative estimate of drug-likeness (QED) is 0.391. The van der Waals surface area contributed by atoms with Crippen LogP contribution in [0.15, 0.2) is 18.3 Å². The number of nitrogen functional groups attached to an aromatic ring is 1. The molecule has 1 aliphatic rings. The van der Waals surface area contributed by atoms with E-state index in [2.05, 4.69) is 27.4 Å². The lowest BCUT2D eigenvalue weighted by Gasteiger charge is -2.11. The van der Waals surface area contributed by atoms with Gasteiger partial charge in [-0.2, -0.15) is 5.10 Å². The minimum atomic E-state index is -2.79. The van der Waals surface area contributed by atoms with E-state index in [1.807, 2.05) is 0 Å². The van der Waals surface area contributed by atoms with Gasteiger partial charge in [0.1, 0.15) is 11.3 Å². The Balaban J connectivity index is 1.97. The molecule has 1 fully saturated rings. The number of carbonyl (C=O) groups is 1. The largest absolute Gasteiger partial charge is 0.404 e. The van der Waals surface area contributed by atoms with Gasteiger partial charge in [0.25, 0.3) is 11.8 Å². The molecule has 0 spiro atoms. The van der Waals surface area contributed by atoms with Gasteiger partial charge < -0.3 is 22.5 Å². The van der Waals surface area contributed by atoms with Crippen LogP contribution in [0.5, 0.6) is 0 Å². The number of hydrogen-bond donors (Lipinski definition) is 5. The molecule has 146 valence electrons. The Morgan fingerprint density at radius 3 is 2.68 bits per heavy atom. The monoisotopic (exact) mass is 406 g/mol. The molecule has 1 heterocycles. The van der Waals surface area contributed by atoms with Crippen LogP contribution in [-0.4, -0.2) is 29.1 Å². The van der Waals surface area contributed by atoms with Gasteiger partial charge in [0, 0.05) is 30.3 Å². The second-order valence-corrected chi connectivity index (χ2v) is 6.65. The van der Waals surface area contributed by atoms with Crippen molar-refractivity contribution in [2.45, 2.75) is 12.3 Å². The third-order valence-corrected chi connectivity index (χ3v) is 4.72. The Hall–Kier alpha value is -3.25. The molecule has 7 nitrogen and oxygen atoms in total. The number of primary amides is 1. The van der Waals surface area contributed by atoms with Crippen molar-refractivity contribution < 1.29 is 13.6 Å². The maximum atomic E-state index is 13.4. The van der Waals surface area contributed by atoms with Gasteiger partial charge >= 0.3 is 0 Å². The van der Waals surface area contributed by atoms with E-state index < -0.39 is 17.7 Å². The molecule has 8 N–H and O–H groups in total. The van der Waals surface area contributed by atoms with E-state index in [1.165, 1.54) is 12.1 Å². The molecule has 2 aromatic rings. The zero-order valence-corrected chi connectivity index (χ0v) is 15.5. The standard InChI is InChI=1S/C18H17ClF2N6O/c1-25-17-15(16(24)28)14(26-27-17)3-2-8-4-13(23)9(5-12(8)19)10(7-22)11-6-18(11,20)21/h4-5,7,11H,6,22-23H2,1H3,(H2,24,28)(H2,25,26,27)/b10-7+. The number of aromatic nitrogens is 2. The fourth-order valence-corrected chi connectivity index (χ4v) is 3.07. The normalized spacial score (nSPS) is 17.6. The molecule has 1 amide bonds. The molecule has 1 aromatic carbocycles. The van der Waals surface area contributed by atoms with Gasteiger partial charge in [0.2, 0.25) is 0 Å². The number of halogens is 3. The SMILES string of the molecule is CNc1n[nH]c(C#Cc2cc(N)c(/C(=C\N)C3CC3(F)F)cc2Cl)c1C(N)=O. The number of benzene rings is 1. The lowest BCUT2D eigenvalue weighted by molar-refractivity contribution is 0.1000. The van der Waals surface area contributed by atoms with Crippen molar-refractivity contribution in [2.24, 2.45) is 17.4 Å². The minimum absolute atomic E-state index is 0.111. The third-order valence-electron chi connectivity index (χ3n) is 4.40. The summed E-state index contributed by atoms with van der Waals surface area (Å²) in [5.74, 6) is 1.31. The molecule has 0 bridgehead atoms. The van der Waals surface area contributed by atoms with Gasteiger partial charge in [-0.15, -0.1) is 0 Å². The summed E-state index contributed by atoms with van der Waals surface area (Å²) in [7, 11) is 1.59. The summed E-state index contributed by atoms with van der Waals surface area (Å²) in [5.41, 5.74) is 18.4. The first-order valence-corrected chi connectivity index (χ1v) is 8.54. The van der Waals surface area contributed by atoms with E-state index in [9.17, 15) is 13.6 Å². The number of amides is 1. The average molecular weight is 407 g/mol. The number of alkyl halides is 2. The number of H-pyrrole nitrogens is 1. The van der Waals surface area contributed by atoms with Crippen molar-refractivity contribution in [3.8, 4) is 11.8 Å². The second-order valence-electron chi connectivity index (χ2n) is 6.25. The first kappa shape index (κ1) is 19.5. The summed E-state index contributed by atoms with van der Waals surface area (Å²) < 4.78 is 26.9. The lowest BCUT2D eigenvalue weighted by Crippen LogP contribution is -2.13. The van der Waals surface area contributed by atoms with Crippen LogP contribution in [-0.2, 0) is 0 Å². The van der Waals surface area contributed by atoms with Gasteiger partial charge in [-0.05, 0) is 29.8 Å². The average Bonchev–Trinajstić information content (AvgIpc) is 3.07. The smallest absolute Gasteiger partial charge is 0.256 e. The lowest BCUT2D eigenvalue weighted by atomic mass is 9.98. The predicted molar refractivity (Wildman–Crippen MR) is 104 cm³/mol. The maximum Gasteiger partial charge on any atom is 0.256 e. The van der Waals surface area contributed by atoms with Crippen molar-refractivity contribution >= 4 is 34.6 Å². The van der Waals surface area contributed by atoms with Gasteiger partial charge in [0.05, 0.1) is 10.9 Å². The molecule has 1 atom stereocenters. The molecule has 1 saturated carbocycles. The van der Waals surface area contributed by atoms with Gasteiger partial charge in [0.15, 0.2) is 5.82 Å². The van der Waals surface area contributed by atoms with E-state index in [0.717, 1.165) is 6.20 Å². The third kappa shape index (κ3) is 3.46. The summed E-state index contributed by atoms with van der Waals surface area (Å²) in [6.45, 7) is 0. The zero-order valence-electron chi connectivity index (χ0n) is 14.7. The van der Waals surface area contributed by atoms with Crippen LogP contribution >= 0.6 is 11.6 Å². The Bertz CT molecular complexity index is 1050. The Labute approximate surface area is 164 Å². The van der Waals surface area contributed by atoms with Crippen LogP contribution in [0.2, 0.25) is 5.02 Å². The van der Waals surface area contributed by atoms with Crippen molar-refractivity contribution in [3.05, 3.63) is 45.7 Å². The summed E-state index contributed by atoms with van der Waals surface area (Å²) in [6, 6.07) is 2.92. The van der Waals surface area contributed by atoms with Crippen LogP contribution in [0.3, 0.4) is 0 Å². The number of hydrogen-bond acceptors (Lipinski definition) is 5. The fraction of sp³-hybridized carbons (Fsp3) is 0.222. The fourth-order valence-electron chi connectivity index (χ4n) is 2.86. The summed E-state index contributed by atoms with van der Waals surface area (Å²) in [5, 5.41) is 9.45. The number of allylic oxidation sites excluding steroid dienone is 1. The van der Waals surface area contributed by atoms with Gasteiger partial charge in [-0.1, -0.05) is 17.5 Å². The molecule has 10 heteroatoms. The van der Waals surface area contributed by atoms with E-state index >= 15 is 0 Å². The number of nitrogens with zero attached hydrogens (tertiary/aromatic N) is 1. The predicted octanol–water partition coefficient (Wildman–Crippen LogP) is 2.14. The van der Waals surface area contributed by atoms with Gasteiger partial charge in [-0.3, -0.25) is 9.89 Å². The molecule has 1 unspecified atom stereocenters. The number of aromatic amines is 1. The van der Waals surface area contributed by atoms with E-state index in [4.69, 9.17) is 28.8 Å². The van der Waals surface area contributed by atoms with E-state index in [-0.39, 0.29) is 39.8 Å². The van der Waals surface area contributed by atoms with E-state index in [1.54, 1.807) is 7.05 Å². The van der Waals surface area contributed by atoms with Crippen molar-refractivity contribution in [1.82, 2.24) is 10.2 Å². The summed E-state index contributed by atoms with van der Waals surface area (Å²) >= 11 is 6.26. The minimum Gasteiger partial charge on any atom is -0.404 e. The molecule has 28 heavy (non-hydrogen) atoms. The Kier molecular flexibility index (Phi) is 4.91. The second kappa shape index (κ2) is 7.05. The van der Waals surface area contributed by atoms with Crippen LogP contribution in [0, 0.1) is 17.8 Å². The molecule has 0 saturated heterocycles. The topological polar surface area (TPSA) is 136 Å². The highest BCUT2D eigenvalue weighted by atomic mass is 35.5. The summed E-state index contributed by atoms with van der Waals surface area (Å²) in [4.78, 5) is 11.6. The molecule has 3 rings (SSSR count). The highest BCUT2D eigenvalue weighted by Crippen LogP contribution is 2.56. The zero-order chi connectivity index (χ0) is 20.6. The highest BCUT2D eigenvalue weighted by Gasteiger charge is 2.58. The van der Waals surface area contributed by atoms with Crippen LogP contribution in [0.1, 0.15) is 33.6 Å². The van der Waals surface area contributed by atoms with Gasteiger partial charge in [-0.25, -0.2) is 8.78 Å². The van der Waals surface area contributed by atoms with Crippen LogP contribution in [0.25, 0.3) is 5.57 Å². The number of rotatable bonds is 4. The van der Waals surface area contributed by atoms with Crippen molar-refractivity contribution in [3.63, 3.8) is 0 Å². The molecular formula is C18H17ClF2N6O. The molecule has 0 radical (unpaired) electrons. The van der Waals surface area contributed by atoms with E-state index in [0.29, 0.717) is 11.1 Å². The Morgan fingerprint density at radius 1 is 1.46 bits per heavy atom. The number of carbonyl (C=O) groups excluding carboxylic acids is 1. The molecule has 1 aliphatic carbocycles. The number of nitrogens with two attached hydrogens (primary N) is 3.